The van der Waals surface area contributed by atoms with E-state index >= 15 is 0 Å². The molecule has 3 rings (SSSR count). The molecule has 0 saturated heterocycles. The average molecular weight is 273 g/mol. The fraction of sp³-hybridized carbons (Fsp3) is 0.529. The number of ether oxygens (including phenoxy) is 1. The third-order valence-corrected chi connectivity index (χ3v) is 3.61. The van der Waals surface area contributed by atoms with Crippen molar-refractivity contribution in [1.29, 1.82) is 0 Å². The van der Waals surface area contributed by atoms with Crippen LogP contribution >= 0.6 is 0 Å². The quantitative estimate of drug-likeness (QED) is 0.832. The van der Waals surface area contributed by atoms with Gasteiger partial charge in [-0.05, 0) is 24.8 Å². The van der Waals surface area contributed by atoms with Gasteiger partial charge in [-0.3, -0.25) is 0 Å². The molecular weight excluding hydrogens is 250 g/mol. The second-order valence-corrected chi connectivity index (χ2v) is 6.06. The van der Waals surface area contributed by atoms with Gasteiger partial charge >= 0.3 is 0 Å². The smallest absolute Gasteiger partial charge is 0.135 e. The zero-order valence-corrected chi connectivity index (χ0v) is 12.3. The molecule has 1 heterocycles. The summed E-state index contributed by atoms with van der Waals surface area (Å²) < 4.78 is 11.7. The van der Waals surface area contributed by atoms with Gasteiger partial charge < -0.3 is 14.5 Å². The first-order valence-electron chi connectivity index (χ1n) is 7.54. The van der Waals surface area contributed by atoms with Gasteiger partial charge in [0.25, 0.3) is 0 Å². The molecule has 108 valence electrons. The molecule has 1 aliphatic carbocycles. The van der Waals surface area contributed by atoms with Gasteiger partial charge in [-0.15, -0.1) is 0 Å². The molecule has 0 bridgehead atoms. The summed E-state index contributed by atoms with van der Waals surface area (Å²) in [5, 5.41) is 4.79. The van der Waals surface area contributed by atoms with Crippen molar-refractivity contribution in [2.75, 3.05) is 6.61 Å². The van der Waals surface area contributed by atoms with Gasteiger partial charge in [0, 0.05) is 30.1 Å². The molecule has 0 unspecified atom stereocenters. The molecule has 1 aromatic heterocycles. The molecule has 1 saturated carbocycles. The maximum Gasteiger partial charge on any atom is 0.135 e. The highest BCUT2D eigenvalue weighted by atomic mass is 16.5. The van der Waals surface area contributed by atoms with E-state index in [-0.39, 0.29) is 0 Å². The molecule has 0 atom stereocenters. The van der Waals surface area contributed by atoms with Crippen molar-refractivity contribution in [2.24, 2.45) is 5.92 Å². The van der Waals surface area contributed by atoms with Crippen molar-refractivity contribution in [3.8, 4) is 0 Å². The van der Waals surface area contributed by atoms with Gasteiger partial charge in [-0.1, -0.05) is 32.0 Å². The van der Waals surface area contributed by atoms with E-state index in [4.69, 9.17) is 9.15 Å². The Hall–Kier alpha value is -1.32. The van der Waals surface area contributed by atoms with Gasteiger partial charge in [-0.2, -0.15) is 0 Å². The number of hydrogen-bond donors (Lipinski definition) is 1. The van der Waals surface area contributed by atoms with Crippen LogP contribution in [0.4, 0.5) is 0 Å². The Balaban J connectivity index is 1.78. The molecule has 3 nitrogen and oxygen atoms in total. The molecule has 2 aromatic rings. The lowest BCUT2D eigenvalue weighted by Gasteiger charge is -2.07. The third kappa shape index (κ3) is 3.22. The third-order valence-electron chi connectivity index (χ3n) is 3.61. The Morgan fingerprint density at radius 3 is 2.85 bits per heavy atom. The molecule has 3 heteroatoms. The maximum atomic E-state index is 5.97. The molecule has 1 aliphatic rings. The highest BCUT2D eigenvalue weighted by Gasteiger charge is 2.22. The lowest BCUT2D eigenvalue weighted by molar-refractivity contribution is 0.0848. The van der Waals surface area contributed by atoms with Crippen molar-refractivity contribution >= 4 is 11.0 Å². The van der Waals surface area contributed by atoms with Crippen molar-refractivity contribution in [3.63, 3.8) is 0 Å². The Morgan fingerprint density at radius 2 is 2.10 bits per heavy atom. The summed E-state index contributed by atoms with van der Waals surface area (Å²) in [6.45, 7) is 6.53. The normalized spacial score (nSPS) is 15.3. The van der Waals surface area contributed by atoms with Crippen LogP contribution in [0.15, 0.2) is 28.7 Å². The van der Waals surface area contributed by atoms with Crippen LogP contribution in [-0.2, 0) is 17.9 Å². The minimum atomic E-state index is 0.549. The van der Waals surface area contributed by atoms with Crippen LogP contribution in [0.1, 0.15) is 38.0 Å². The first-order valence-corrected chi connectivity index (χ1v) is 7.54. The Kier molecular flexibility index (Phi) is 4.08. The van der Waals surface area contributed by atoms with E-state index in [1.807, 2.05) is 12.1 Å². The molecular formula is C17H23NO2. The van der Waals surface area contributed by atoms with Crippen LogP contribution in [0.5, 0.6) is 0 Å². The van der Waals surface area contributed by atoms with E-state index in [0.29, 0.717) is 18.6 Å². The van der Waals surface area contributed by atoms with E-state index in [1.165, 1.54) is 23.8 Å². The minimum Gasteiger partial charge on any atom is -0.458 e. The number of rotatable bonds is 7. The van der Waals surface area contributed by atoms with Gasteiger partial charge in [0.1, 0.15) is 18.0 Å². The standard InChI is InChI=1S/C17H23NO2/c1-12(2)10-19-11-17-15(9-18-13-7-8-13)14-5-3-4-6-16(14)20-17/h3-6,12-13,18H,7-11H2,1-2H3. The molecule has 0 aliphatic heterocycles. The van der Waals surface area contributed by atoms with Gasteiger partial charge in [0.2, 0.25) is 0 Å². The molecule has 0 spiro atoms. The number of nitrogens with one attached hydrogen (secondary N) is 1. The molecule has 0 amide bonds. The molecule has 1 N–H and O–H groups in total. The second kappa shape index (κ2) is 5.98. The topological polar surface area (TPSA) is 34.4 Å². The first-order chi connectivity index (χ1) is 9.74. The van der Waals surface area contributed by atoms with Crippen molar-refractivity contribution in [3.05, 3.63) is 35.6 Å². The SMILES string of the molecule is CC(C)COCc1oc2ccccc2c1CNC1CC1. The molecule has 20 heavy (non-hydrogen) atoms. The maximum absolute atomic E-state index is 5.97. The number of furan rings is 1. The minimum absolute atomic E-state index is 0.549. The zero-order valence-electron chi connectivity index (χ0n) is 12.3. The predicted octanol–water partition coefficient (Wildman–Crippen LogP) is 3.86. The largest absolute Gasteiger partial charge is 0.458 e. The highest BCUT2D eigenvalue weighted by Crippen LogP contribution is 2.28. The van der Waals surface area contributed by atoms with Crippen LogP contribution < -0.4 is 5.32 Å². The van der Waals surface area contributed by atoms with Crippen molar-refractivity contribution < 1.29 is 9.15 Å². The summed E-state index contributed by atoms with van der Waals surface area (Å²) in [5.74, 6) is 1.52. The van der Waals surface area contributed by atoms with Crippen LogP contribution in [0, 0.1) is 5.92 Å². The summed E-state index contributed by atoms with van der Waals surface area (Å²) in [7, 11) is 0. The van der Waals surface area contributed by atoms with Crippen LogP contribution in [0.3, 0.4) is 0 Å². The molecule has 1 aromatic carbocycles. The van der Waals surface area contributed by atoms with E-state index in [9.17, 15) is 0 Å². The van der Waals surface area contributed by atoms with Crippen molar-refractivity contribution in [1.82, 2.24) is 5.32 Å². The fourth-order valence-electron chi connectivity index (χ4n) is 2.38. The van der Waals surface area contributed by atoms with E-state index < -0.39 is 0 Å². The lowest BCUT2D eigenvalue weighted by Crippen LogP contribution is -2.16. The summed E-state index contributed by atoms with van der Waals surface area (Å²) in [5.41, 5.74) is 2.22. The number of fused-ring (bicyclic) bond motifs is 1. The fourth-order valence-corrected chi connectivity index (χ4v) is 2.38. The average Bonchev–Trinajstić information content (AvgIpc) is 3.18. The lowest BCUT2D eigenvalue weighted by atomic mass is 10.1. The summed E-state index contributed by atoms with van der Waals surface area (Å²) in [4.78, 5) is 0. The van der Waals surface area contributed by atoms with E-state index in [2.05, 4.69) is 31.3 Å². The molecule has 0 radical (unpaired) electrons. The predicted molar refractivity (Wildman–Crippen MR) is 80.6 cm³/mol. The van der Waals surface area contributed by atoms with Crippen LogP contribution in [0.25, 0.3) is 11.0 Å². The Bertz CT molecular complexity index is 569. The van der Waals surface area contributed by atoms with Crippen LogP contribution in [-0.4, -0.2) is 12.6 Å². The Labute approximate surface area is 120 Å². The van der Waals surface area contributed by atoms with E-state index in [1.54, 1.807) is 0 Å². The first kappa shape index (κ1) is 13.7. The monoisotopic (exact) mass is 273 g/mol. The highest BCUT2D eigenvalue weighted by molar-refractivity contribution is 5.82. The number of para-hydroxylation sites is 1. The molecule has 1 fully saturated rings. The summed E-state index contributed by atoms with van der Waals surface area (Å²) in [6.07, 6.45) is 2.60. The van der Waals surface area contributed by atoms with Gasteiger partial charge in [0.15, 0.2) is 0 Å². The summed E-state index contributed by atoms with van der Waals surface area (Å²) >= 11 is 0. The van der Waals surface area contributed by atoms with Gasteiger partial charge in [0.05, 0.1) is 0 Å². The van der Waals surface area contributed by atoms with E-state index in [0.717, 1.165) is 24.5 Å². The summed E-state index contributed by atoms with van der Waals surface area (Å²) in [6, 6.07) is 8.95. The zero-order chi connectivity index (χ0) is 13.9. The van der Waals surface area contributed by atoms with Gasteiger partial charge in [-0.25, -0.2) is 0 Å². The number of benzene rings is 1. The second-order valence-electron chi connectivity index (χ2n) is 6.06. The van der Waals surface area contributed by atoms with Crippen LogP contribution in [0.2, 0.25) is 0 Å². The van der Waals surface area contributed by atoms with Crippen molar-refractivity contribution in [2.45, 2.75) is 45.9 Å². The number of hydrogen-bond acceptors (Lipinski definition) is 3. The Morgan fingerprint density at radius 1 is 1.30 bits per heavy atom.